The predicted octanol–water partition coefficient (Wildman–Crippen LogP) is 3.39. The Balaban J connectivity index is 2.02. The summed E-state index contributed by atoms with van der Waals surface area (Å²) >= 11 is 0. The number of aromatic nitrogens is 1. The highest BCUT2D eigenvalue weighted by molar-refractivity contribution is 6.07. The van der Waals surface area contributed by atoms with Gasteiger partial charge in [0.25, 0.3) is 5.91 Å². The number of carbonyl (C=O) groups excluding carboxylic acids is 1. The normalized spacial score (nSPS) is 10.6. The van der Waals surface area contributed by atoms with Crippen molar-refractivity contribution >= 4 is 22.5 Å². The van der Waals surface area contributed by atoms with E-state index in [9.17, 15) is 4.79 Å². The smallest absolute Gasteiger partial charge is 0.291 e. The van der Waals surface area contributed by atoms with Crippen LogP contribution in [-0.4, -0.2) is 10.9 Å². The van der Waals surface area contributed by atoms with E-state index < -0.39 is 0 Å². The second-order valence-corrected chi connectivity index (χ2v) is 4.26. The first-order valence-electron chi connectivity index (χ1n) is 5.95. The van der Waals surface area contributed by atoms with Crippen LogP contribution in [0.2, 0.25) is 0 Å². The van der Waals surface area contributed by atoms with Crippen molar-refractivity contribution in [2.75, 3.05) is 5.32 Å². The Morgan fingerprint density at radius 3 is 2.89 bits per heavy atom. The standard InChI is InChI=1S/C15H12N2O2/c1-10-4-2-5-11-12(7-8-16-14(10)11)17-15(18)13-6-3-9-19-13/h2-9H,1H3,(H,16,17,18). The third-order valence-corrected chi connectivity index (χ3v) is 2.97. The first-order valence-corrected chi connectivity index (χ1v) is 5.95. The summed E-state index contributed by atoms with van der Waals surface area (Å²) in [6.45, 7) is 1.99. The zero-order valence-corrected chi connectivity index (χ0v) is 10.4. The molecule has 3 rings (SSSR count). The van der Waals surface area contributed by atoms with E-state index in [2.05, 4.69) is 10.3 Å². The zero-order valence-electron chi connectivity index (χ0n) is 10.4. The van der Waals surface area contributed by atoms with E-state index in [1.165, 1.54) is 6.26 Å². The van der Waals surface area contributed by atoms with Gasteiger partial charge in [-0.15, -0.1) is 0 Å². The fourth-order valence-corrected chi connectivity index (χ4v) is 2.02. The van der Waals surface area contributed by atoms with Gasteiger partial charge in [-0.3, -0.25) is 9.78 Å². The van der Waals surface area contributed by atoms with Crippen molar-refractivity contribution in [3.63, 3.8) is 0 Å². The SMILES string of the molecule is Cc1cccc2c(NC(=O)c3ccco3)ccnc12. The number of anilines is 1. The minimum absolute atomic E-state index is 0.265. The minimum Gasteiger partial charge on any atom is -0.459 e. The molecule has 0 aliphatic carbocycles. The maximum absolute atomic E-state index is 12.0. The lowest BCUT2D eigenvalue weighted by atomic mass is 10.1. The van der Waals surface area contributed by atoms with Gasteiger partial charge in [-0.05, 0) is 30.7 Å². The molecule has 0 atom stereocenters. The first kappa shape index (κ1) is 11.5. The van der Waals surface area contributed by atoms with Crippen LogP contribution in [0, 0.1) is 6.92 Å². The molecule has 0 saturated carbocycles. The predicted molar refractivity (Wildman–Crippen MR) is 73.1 cm³/mol. The second kappa shape index (κ2) is 4.57. The molecule has 0 unspecified atom stereocenters. The Bertz CT molecular complexity index is 733. The number of furan rings is 1. The average molecular weight is 252 g/mol. The van der Waals surface area contributed by atoms with Crippen LogP contribution in [0.3, 0.4) is 0 Å². The molecule has 4 nitrogen and oxygen atoms in total. The third kappa shape index (κ3) is 2.08. The molecule has 0 aliphatic heterocycles. The summed E-state index contributed by atoms with van der Waals surface area (Å²) in [5, 5.41) is 3.76. The number of amides is 1. The van der Waals surface area contributed by atoms with Crippen molar-refractivity contribution in [1.82, 2.24) is 4.98 Å². The number of para-hydroxylation sites is 1. The number of aryl methyl sites for hydroxylation is 1. The van der Waals surface area contributed by atoms with Gasteiger partial charge in [0.2, 0.25) is 0 Å². The number of nitrogens with one attached hydrogen (secondary N) is 1. The van der Waals surface area contributed by atoms with E-state index in [4.69, 9.17) is 4.42 Å². The first-order chi connectivity index (χ1) is 9.25. The number of benzene rings is 1. The molecule has 2 aromatic heterocycles. The molecule has 19 heavy (non-hydrogen) atoms. The van der Waals surface area contributed by atoms with Crippen molar-refractivity contribution < 1.29 is 9.21 Å². The summed E-state index contributed by atoms with van der Waals surface area (Å²) in [5.74, 6) is 0.0246. The number of fused-ring (bicyclic) bond motifs is 1. The topological polar surface area (TPSA) is 55.1 Å². The van der Waals surface area contributed by atoms with Crippen LogP contribution in [0.25, 0.3) is 10.9 Å². The summed E-state index contributed by atoms with van der Waals surface area (Å²) < 4.78 is 5.08. The van der Waals surface area contributed by atoms with Crippen LogP contribution < -0.4 is 5.32 Å². The van der Waals surface area contributed by atoms with E-state index in [1.54, 1.807) is 24.4 Å². The van der Waals surface area contributed by atoms with E-state index in [0.29, 0.717) is 0 Å². The van der Waals surface area contributed by atoms with E-state index in [0.717, 1.165) is 22.2 Å². The second-order valence-electron chi connectivity index (χ2n) is 4.26. The molecule has 0 fully saturated rings. The molecule has 0 spiro atoms. The van der Waals surface area contributed by atoms with Crippen LogP contribution in [0.1, 0.15) is 16.1 Å². The van der Waals surface area contributed by atoms with Gasteiger partial charge in [0.15, 0.2) is 5.76 Å². The van der Waals surface area contributed by atoms with Gasteiger partial charge in [-0.2, -0.15) is 0 Å². The Morgan fingerprint density at radius 1 is 1.21 bits per heavy atom. The molecule has 2 heterocycles. The van der Waals surface area contributed by atoms with Crippen LogP contribution in [0.4, 0.5) is 5.69 Å². The van der Waals surface area contributed by atoms with E-state index in [1.807, 2.05) is 25.1 Å². The van der Waals surface area contributed by atoms with Crippen molar-refractivity contribution in [3.05, 3.63) is 60.2 Å². The highest BCUT2D eigenvalue weighted by Gasteiger charge is 2.11. The lowest BCUT2D eigenvalue weighted by molar-refractivity contribution is 0.0997. The summed E-state index contributed by atoms with van der Waals surface area (Å²) in [6, 6.07) is 11.0. The van der Waals surface area contributed by atoms with Crippen LogP contribution in [0.15, 0.2) is 53.3 Å². The van der Waals surface area contributed by atoms with Gasteiger partial charge < -0.3 is 9.73 Å². The average Bonchev–Trinajstić information content (AvgIpc) is 2.94. The number of nitrogens with zero attached hydrogens (tertiary/aromatic N) is 1. The number of hydrogen-bond acceptors (Lipinski definition) is 3. The van der Waals surface area contributed by atoms with Crippen LogP contribution in [-0.2, 0) is 0 Å². The Labute approximate surface area is 110 Å². The Kier molecular flexibility index (Phi) is 2.76. The molecule has 0 saturated heterocycles. The van der Waals surface area contributed by atoms with Gasteiger partial charge in [0.1, 0.15) is 0 Å². The monoisotopic (exact) mass is 252 g/mol. The fourth-order valence-electron chi connectivity index (χ4n) is 2.02. The largest absolute Gasteiger partial charge is 0.459 e. The van der Waals surface area contributed by atoms with Gasteiger partial charge in [0, 0.05) is 11.6 Å². The molecule has 1 aromatic carbocycles. The number of pyridine rings is 1. The van der Waals surface area contributed by atoms with Gasteiger partial charge >= 0.3 is 0 Å². The van der Waals surface area contributed by atoms with E-state index >= 15 is 0 Å². The van der Waals surface area contributed by atoms with Crippen LogP contribution >= 0.6 is 0 Å². The fraction of sp³-hybridized carbons (Fsp3) is 0.0667. The van der Waals surface area contributed by atoms with Crippen molar-refractivity contribution in [3.8, 4) is 0 Å². The van der Waals surface area contributed by atoms with Crippen LogP contribution in [0.5, 0.6) is 0 Å². The molecule has 3 aromatic rings. The Morgan fingerprint density at radius 2 is 2.11 bits per heavy atom. The van der Waals surface area contributed by atoms with Crippen molar-refractivity contribution in [2.45, 2.75) is 6.92 Å². The highest BCUT2D eigenvalue weighted by Crippen LogP contribution is 2.24. The molecule has 1 amide bonds. The van der Waals surface area contributed by atoms with Crippen molar-refractivity contribution in [2.24, 2.45) is 0 Å². The van der Waals surface area contributed by atoms with Gasteiger partial charge in [-0.1, -0.05) is 18.2 Å². The maximum Gasteiger partial charge on any atom is 0.291 e. The summed E-state index contributed by atoms with van der Waals surface area (Å²) in [4.78, 5) is 16.3. The molecular formula is C15H12N2O2. The molecule has 0 aliphatic rings. The number of carbonyl (C=O) groups is 1. The van der Waals surface area contributed by atoms with E-state index in [-0.39, 0.29) is 11.7 Å². The van der Waals surface area contributed by atoms with Crippen molar-refractivity contribution in [1.29, 1.82) is 0 Å². The summed E-state index contributed by atoms with van der Waals surface area (Å²) in [5.41, 5.74) is 2.70. The van der Waals surface area contributed by atoms with Gasteiger partial charge in [0.05, 0.1) is 17.5 Å². The third-order valence-electron chi connectivity index (χ3n) is 2.97. The summed E-state index contributed by atoms with van der Waals surface area (Å²) in [7, 11) is 0. The number of hydrogen-bond donors (Lipinski definition) is 1. The molecule has 1 N–H and O–H groups in total. The molecule has 0 bridgehead atoms. The molecule has 0 radical (unpaired) electrons. The number of rotatable bonds is 2. The molecular weight excluding hydrogens is 240 g/mol. The lowest BCUT2D eigenvalue weighted by Gasteiger charge is -2.08. The summed E-state index contributed by atoms with van der Waals surface area (Å²) in [6.07, 6.45) is 3.16. The zero-order chi connectivity index (χ0) is 13.2. The maximum atomic E-state index is 12.0. The minimum atomic E-state index is -0.265. The molecule has 4 heteroatoms. The lowest BCUT2D eigenvalue weighted by Crippen LogP contribution is -2.11. The highest BCUT2D eigenvalue weighted by atomic mass is 16.3. The molecule has 94 valence electrons. The van der Waals surface area contributed by atoms with Gasteiger partial charge in [-0.25, -0.2) is 0 Å². The Hall–Kier alpha value is -2.62. The quantitative estimate of drug-likeness (QED) is 0.760.